The van der Waals surface area contributed by atoms with E-state index in [1.807, 2.05) is 0 Å². The lowest BCUT2D eigenvalue weighted by molar-refractivity contribution is -0.146. The molecule has 1 rings (SSSR count). The molecular formula is C11H16NO5P. The maximum Gasteiger partial charge on any atom is 0.457 e. The molecule has 0 radical (unpaired) electrons. The summed E-state index contributed by atoms with van der Waals surface area (Å²) in [6.07, 6.45) is 0. The lowest BCUT2D eigenvalue weighted by atomic mass is 10.1. The van der Waals surface area contributed by atoms with Crippen LogP contribution in [0.1, 0.15) is 13.8 Å². The van der Waals surface area contributed by atoms with Crippen molar-refractivity contribution in [2.75, 3.05) is 7.11 Å². The minimum absolute atomic E-state index is 0.233. The molecule has 1 unspecified atom stereocenters. The van der Waals surface area contributed by atoms with Crippen molar-refractivity contribution in [3.05, 3.63) is 30.3 Å². The van der Waals surface area contributed by atoms with Gasteiger partial charge in [-0.05, 0) is 26.0 Å². The van der Waals surface area contributed by atoms with Gasteiger partial charge in [-0.15, -0.1) is 0 Å². The highest BCUT2D eigenvalue weighted by Crippen LogP contribution is 2.40. The fourth-order valence-electron chi connectivity index (χ4n) is 1.30. The van der Waals surface area contributed by atoms with Crippen LogP contribution in [-0.2, 0) is 14.1 Å². The standard InChI is InChI=1S/C11H16NO5P/c1-11(2,10(13)16-3)12-18(14,15)17-9-7-5-4-6-8-9/h4-8H,1-3H3,(H2,12,14,15). The zero-order valence-corrected chi connectivity index (χ0v) is 11.3. The molecule has 100 valence electrons. The predicted octanol–water partition coefficient (Wildman–Crippen LogP) is 1.71. The fraction of sp³-hybridized carbons (Fsp3) is 0.364. The number of carbonyl (C=O) groups excluding carboxylic acids is 1. The summed E-state index contributed by atoms with van der Waals surface area (Å²) in [5.41, 5.74) is -1.33. The minimum atomic E-state index is -4.15. The molecule has 0 aliphatic heterocycles. The first-order valence-corrected chi connectivity index (χ1v) is 6.80. The van der Waals surface area contributed by atoms with Gasteiger partial charge in [-0.2, -0.15) is 5.09 Å². The van der Waals surface area contributed by atoms with Crippen LogP contribution in [0.2, 0.25) is 0 Å². The van der Waals surface area contributed by atoms with Gasteiger partial charge in [0.15, 0.2) is 0 Å². The Morgan fingerprint density at radius 3 is 2.39 bits per heavy atom. The van der Waals surface area contributed by atoms with Gasteiger partial charge in [-0.25, -0.2) is 4.57 Å². The Morgan fingerprint density at radius 1 is 1.33 bits per heavy atom. The van der Waals surface area contributed by atoms with Crippen LogP contribution in [0.4, 0.5) is 0 Å². The van der Waals surface area contributed by atoms with Crippen LogP contribution in [-0.4, -0.2) is 23.5 Å². The Labute approximate surface area is 106 Å². The third-order valence-electron chi connectivity index (χ3n) is 2.09. The summed E-state index contributed by atoms with van der Waals surface area (Å²) in [6.45, 7) is 2.85. The second-order valence-corrected chi connectivity index (χ2v) is 5.60. The number of nitrogens with one attached hydrogen (secondary N) is 1. The molecule has 7 heteroatoms. The highest BCUT2D eigenvalue weighted by atomic mass is 31.2. The molecule has 2 N–H and O–H groups in total. The Kier molecular flexibility index (Phi) is 4.51. The monoisotopic (exact) mass is 273 g/mol. The number of ether oxygens (including phenoxy) is 1. The van der Waals surface area contributed by atoms with E-state index in [-0.39, 0.29) is 5.75 Å². The van der Waals surface area contributed by atoms with E-state index in [1.54, 1.807) is 18.2 Å². The molecule has 0 amide bonds. The number of hydrogen-bond acceptors (Lipinski definition) is 4. The molecule has 0 bridgehead atoms. The van der Waals surface area contributed by atoms with Crippen molar-refractivity contribution >= 4 is 13.7 Å². The maximum absolute atomic E-state index is 11.8. The van der Waals surface area contributed by atoms with E-state index in [0.717, 1.165) is 0 Å². The van der Waals surface area contributed by atoms with Crippen LogP contribution in [0.3, 0.4) is 0 Å². The molecule has 1 atom stereocenters. The first-order chi connectivity index (χ1) is 8.27. The van der Waals surface area contributed by atoms with Crippen LogP contribution >= 0.6 is 7.75 Å². The van der Waals surface area contributed by atoms with E-state index >= 15 is 0 Å². The fourth-order valence-corrected chi connectivity index (χ4v) is 2.55. The molecule has 6 nitrogen and oxygen atoms in total. The molecule has 0 spiro atoms. The quantitative estimate of drug-likeness (QED) is 0.627. The van der Waals surface area contributed by atoms with E-state index in [0.29, 0.717) is 0 Å². The number of benzene rings is 1. The largest absolute Gasteiger partial charge is 0.468 e. The maximum atomic E-state index is 11.8. The molecule has 1 aromatic carbocycles. The second-order valence-electron chi connectivity index (χ2n) is 4.15. The lowest BCUT2D eigenvalue weighted by Crippen LogP contribution is -2.46. The summed E-state index contributed by atoms with van der Waals surface area (Å²) in [7, 11) is -2.95. The molecule has 0 aliphatic carbocycles. The van der Waals surface area contributed by atoms with E-state index in [2.05, 4.69) is 9.82 Å². The number of hydrogen-bond donors (Lipinski definition) is 2. The zero-order valence-electron chi connectivity index (χ0n) is 10.4. The van der Waals surface area contributed by atoms with Crippen LogP contribution in [0.25, 0.3) is 0 Å². The van der Waals surface area contributed by atoms with E-state index < -0.39 is 19.3 Å². The molecule has 0 heterocycles. The van der Waals surface area contributed by atoms with Crippen molar-refractivity contribution in [1.82, 2.24) is 5.09 Å². The number of rotatable bonds is 5. The minimum Gasteiger partial charge on any atom is -0.468 e. The summed E-state index contributed by atoms with van der Waals surface area (Å²) >= 11 is 0. The molecule has 0 fully saturated rings. The first-order valence-electron chi connectivity index (χ1n) is 5.22. The van der Waals surface area contributed by atoms with Gasteiger partial charge in [0, 0.05) is 0 Å². The average Bonchev–Trinajstić information content (AvgIpc) is 2.27. The van der Waals surface area contributed by atoms with Crippen LogP contribution in [0.15, 0.2) is 30.3 Å². The average molecular weight is 273 g/mol. The molecular weight excluding hydrogens is 257 g/mol. The summed E-state index contributed by atoms with van der Waals surface area (Å²) < 4.78 is 21.3. The van der Waals surface area contributed by atoms with Crippen LogP contribution in [0, 0.1) is 0 Å². The van der Waals surface area contributed by atoms with Gasteiger partial charge in [0.05, 0.1) is 7.11 Å². The van der Waals surface area contributed by atoms with Gasteiger partial charge in [0.2, 0.25) is 0 Å². The van der Waals surface area contributed by atoms with Crippen molar-refractivity contribution in [3.8, 4) is 5.75 Å². The molecule has 0 aliphatic rings. The molecule has 0 aromatic heterocycles. The van der Waals surface area contributed by atoms with Crippen molar-refractivity contribution < 1.29 is 23.5 Å². The Morgan fingerprint density at radius 2 is 1.89 bits per heavy atom. The zero-order chi connectivity index (χ0) is 13.8. The number of para-hydroxylation sites is 1. The Bertz CT molecular complexity index is 460. The van der Waals surface area contributed by atoms with Crippen molar-refractivity contribution in [3.63, 3.8) is 0 Å². The van der Waals surface area contributed by atoms with Crippen LogP contribution < -0.4 is 9.61 Å². The Hall–Kier alpha value is -1.36. The first kappa shape index (κ1) is 14.7. The van der Waals surface area contributed by atoms with E-state index in [4.69, 9.17) is 4.52 Å². The van der Waals surface area contributed by atoms with Gasteiger partial charge in [0.1, 0.15) is 11.3 Å². The van der Waals surface area contributed by atoms with E-state index in [9.17, 15) is 14.3 Å². The van der Waals surface area contributed by atoms with Gasteiger partial charge >= 0.3 is 13.7 Å². The molecule has 0 saturated carbocycles. The summed E-state index contributed by atoms with van der Waals surface area (Å²) in [5, 5.41) is 2.25. The third-order valence-corrected chi connectivity index (χ3v) is 3.39. The lowest BCUT2D eigenvalue weighted by Gasteiger charge is -2.25. The highest BCUT2D eigenvalue weighted by Gasteiger charge is 2.37. The van der Waals surface area contributed by atoms with Crippen molar-refractivity contribution in [1.29, 1.82) is 0 Å². The predicted molar refractivity (Wildman–Crippen MR) is 66.1 cm³/mol. The van der Waals surface area contributed by atoms with Crippen molar-refractivity contribution in [2.45, 2.75) is 19.4 Å². The second kappa shape index (κ2) is 5.52. The van der Waals surface area contributed by atoms with Gasteiger partial charge < -0.3 is 14.2 Å². The summed E-state index contributed by atoms with van der Waals surface area (Å²) in [6, 6.07) is 8.16. The van der Waals surface area contributed by atoms with E-state index in [1.165, 1.54) is 33.1 Å². The topological polar surface area (TPSA) is 84.9 Å². The highest BCUT2D eigenvalue weighted by molar-refractivity contribution is 7.51. The normalized spacial score (nSPS) is 14.7. The van der Waals surface area contributed by atoms with Gasteiger partial charge in [0.25, 0.3) is 0 Å². The Balaban J connectivity index is 2.77. The van der Waals surface area contributed by atoms with Gasteiger partial charge in [-0.3, -0.25) is 4.79 Å². The van der Waals surface area contributed by atoms with Crippen LogP contribution in [0.5, 0.6) is 5.75 Å². The molecule has 0 saturated heterocycles. The number of methoxy groups -OCH3 is 1. The molecule has 18 heavy (non-hydrogen) atoms. The summed E-state index contributed by atoms with van der Waals surface area (Å²) in [5.74, 6) is -0.426. The smallest absolute Gasteiger partial charge is 0.457 e. The summed E-state index contributed by atoms with van der Waals surface area (Å²) in [4.78, 5) is 21.1. The molecule has 1 aromatic rings. The SMILES string of the molecule is COC(=O)C(C)(C)NP(=O)(O)Oc1ccccc1. The van der Waals surface area contributed by atoms with Crippen molar-refractivity contribution in [2.24, 2.45) is 0 Å². The number of esters is 1. The number of carbonyl (C=O) groups is 1. The van der Waals surface area contributed by atoms with Gasteiger partial charge in [-0.1, -0.05) is 18.2 Å². The third kappa shape index (κ3) is 4.14.